The van der Waals surface area contributed by atoms with E-state index in [1.165, 1.54) is 25.3 Å². The Morgan fingerprint density at radius 2 is 2.25 bits per heavy atom. The summed E-state index contributed by atoms with van der Waals surface area (Å²) in [6.07, 6.45) is 1.63. The van der Waals surface area contributed by atoms with Crippen molar-refractivity contribution in [2.24, 2.45) is 5.92 Å². The van der Waals surface area contributed by atoms with Gasteiger partial charge >= 0.3 is 0 Å². The van der Waals surface area contributed by atoms with E-state index >= 15 is 0 Å². The molecule has 20 heavy (non-hydrogen) atoms. The Kier molecular flexibility index (Phi) is 6.23. The van der Waals surface area contributed by atoms with Crippen molar-refractivity contribution in [1.82, 2.24) is 5.32 Å². The maximum absolute atomic E-state index is 13.1. The summed E-state index contributed by atoms with van der Waals surface area (Å²) in [5, 5.41) is 6.13. The van der Waals surface area contributed by atoms with Crippen LogP contribution in [0, 0.1) is 11.7 Å². The Morgan fingerprint density at radius 1 is 1.50 bits per heavy atom. The molecule has 0 saturated carbocycles. The second-order valence-electron chi connectivity index (χ2n) is 4.91. The van der Waals surface area contributed by atoms with E-state index in [1.807, 2.05) is 0 Å². The summed E-state index contributed by atoms with van der Waals surface area (Å²) in [6.45, 7) is 2.91. The van der Waals surface area contributed by atoms with Gasteiger partial charge in [0.1, 0.15) is 11.6 Å². The van der Waals surface area contributed by atoms with Gasteiger partial charge in [0.25, 0.3) is 0 Å². The highest BCUT2D eigenvalue weighted by Gasteiger charge is 2.25. The van der Waals surface area contributed by atoms with E-state index in [0.717, 1.165) is 19.4 Å². The fourth-order valence-corrected chi connectivity index (χ4v) is 2.37. The van der Waals surface area contributed by atoms with Crippen molar-refractivity contribution >= 4 is 24.0 Å². The molecule has 0 aromatic heterocycles. The number of benzene rings is 1. The highest BCUT2D eigenvalue weighted by Crippen LogP contribution is 2.26. The molecule has 1 fully saturated rings. The second-order valence-corrected chi connectivity index (χ2v) is 4.91. The summed E-state index contributed by atoms with van der Waals surface area (Å²) in [7, 11) is 1.46. The number of carbonyl (C=O) groups is 1. The summed E-state index contributed by atoms with van der Waals surface area (Å²) >= 11 is 0. The molecule has 0 radical (unpaired) electrons. The normalized spacial score (nSPS) is 21.8. The lowest BCUT2D eigenvalue weighted by atomic mass is 9.92. The molecule has 1 heterocycles. The number of methoxy groups -OCH3 is 1. The number of carbonyl (C=O) groups excluding carboxylic acids is 1. The van der Waals surface area contributed by atoms with E-state index in [-0.39, 0.29) is 30.0 Å². The number of piperidine rings is 1. The fourth-order valence-electron chi connectivity index (χ4n) is 2.37. The standard InChI is InChI=1S/C14H19FN2O2.ClH/c1-9-7-10(5-6-16-9)14(18)17-12-4-3-11(15)8-13(12)19-2;/h3-4,8-10,16H,5-7H2,1-2H3,(H,17,18);1H/t9-,10-;/m0./s1. The Bertz CT molecular complexity index is 470. The molecule has 6 heteroatoms. The first-order valence-electron chi connectivity index (χ1n) is 6.48. The molecule has 1 saturated heterocycles. The molecule has 0 spiro atoms. The van der Waals surface area contributed by atoms with Gasteiger partial charge in [-0.15, -0.1) is 12.4 Å². The van der Waals surface area contributed by atoms with Crippen molar-refractivity contribution in [3.05, 3.63) is 24.0 Å². The molecule has 2 N–H and O–H groups in total. The third-order valence-corrected chi connectivity index (χ3v) is 3.42. The first-order chi connectivity index (χ1) is 9.10. The van der Waals surface area contributed by atoms with Crippen LogP contribution in [0.4, 0.5) is 10.1 Å². The zero-order valence-electron chi connectivity index (χ0n) is 11.6. The van der Waals surface area contributed by atoms with Crippen LogP contribution in [0.15, 0.2) is 18.2 Å². The van der Waals surface area contributed by atoms with Gasteiger partial charge in [-0.2, -0.15) is 0 Å². The highest BCUT2D eigenvalue weighted by molar-refractivity contribution is 5.94. The van der Waals surface area contributed by atoms with E-state index in [0.29, 0.717) is 17.5 Å². The molecule has 112 valence electrons. The Morgan fingerprint density at radius 3 is 2.90 bits per heavy atom. The molecule has 1 aliphatic rings. The van der Waals surface area contributed by atoms with Gasteiger partial charge in [-0.25, -0.2) is 4.39 Å². The molecular weight excluding hydrogens is 283 g/mol. The van der Waals surface area contributed by atoms with Crippen LogP contribution in [0.2, 0.25) is 0 Å². The minimum absolute atomic E-state index is 0. The van der Waals surface area contributed by atoms with Crippen LogP contribution in [-0.2, 0) is 4.79 Å². The maximum atomic E-state index is 13.1. The number of halogens is 2. The van der Waals surface area contributed by atoms with Crippen molar-refractivity contribution in [2.45, 2.75) is 25.8 Å². The molecule has 1 amide bonds. The molecule has 0 unspecified atom stereocenters. The number of anilines is 1. The molecule has 1 aromatic carbocycles. The lowest BCUT2D eigenvalue weighted by Gasteiger charge is -2.27. The van der Waals surface area contributed by atoms with Gasteiger partial charge in [0.2, 0.25) is 5.91 Å². The number of amides is 1. The number of hydrogen-bond donors (Lipinski definition) is 2. The topological polar surface area (TPSA) is 50.4 Å². The molecule has 4 nitrogen and oxygen atoms in total. The minimum atomic E-state index is -0.384. The largest absolute Gasteiger partial charge is 0.494 e. The van der Waals surface area contributed by atoms with E-state index in [2.05, 4.69) is 17.6 Å². The molecule has 0 aliphatic carbocycles. The summed E-state index contributed by atoms with van der Waals surface area (Å²) in [5.41, 5.74) is 0.514. The molecule has 2 atom stereocenters. The van der Waals surface area contributed by atoms with Gasteiger partial charge in [0, 0.05) is 18.0 Å². The average molecular weight is 303 g/mol. The Hall–Kier alpha value is -1.33. The van der Waals surface area contributed by atoms with E-state index < -0.39 is 0 Å². The zero-order valence-corrected chi connectivity index (χ0v) is 12.4. The number of hydrogen-bond acceptors (Lipinski definition) is 3. The first-order valence-corrected chi connectivity index (χ1v) is 6.48. The summed E-state index contributed by atoms with van der Waals surface area (Å²) in [6, 6.07) is 4.44. The number of rotatable bonds is 3. The summed E-state index contributed by atoms with van der Waals surface area (Å²) in [4.78, 5) is 12.2. The quantitative estimate of drug-likeness (QED) is 0.902. The van der Waals surface area contributed by atoms with E-state index in [9.17, 15) is 9.18 Å². The van der Waals surface area contributed by atoms with Crippen LogP contribution in [0.1, 0.15) is 19.8 Å². The predicted octanol–water partition coefficient (Wildman–Crippen LogP) is 2.58. The third-order valence-electron chi connectivity index (χ3n) is 3.42. The van der Waals surface area contributed by atoms with Crippen LogP contribution < -0.4 is 15.4 Å². The van der Waals surface area contributed by atoms with Crippen molar-refractivity contribution in [2.75, 3.05) is 19.0 Å². The van der Waals surface area contributed by atoms with Gasteiger partial charge in [0.15, 0.2) is 0 Å². The van der Waals surface area contributed by atoms with Crippen molar-refractivity contribution < 1.29 is 13.9 Å². The first kappa shape index (κ1) is 16.7. The van der Waals surface area contributed by atoms with Crippen molar-refractivity contribution in [3.63, 3.8) is 0 Å². The average Bonchev–Trinajstić information content (AvgIpc) is 2.40. The lowest BCUT2D eigenvalue weighted by Crippen LogP contribution is -2.40. The summed E-state index contributed by atoms with van der Waals surface area (Å²) in [5.74, 6) is -0.0788. The van der Waals surface area contributed by atoms with E-state index in [4.69, 9.17) is 4.74 Å². The monoisotopic (exact) mass is 302 g/mol. The van der Waals surface area contributed by atoms with Gasteiger partial charge in [-0.05, 0) is 38.4 Å². The van der Waals surface area contributed by atoms with Gasteiger partial charge in [0.05, 0.1) is 12.8 Å². The third kappa shape index (κ3) is 4.08. The minimum Gasteiger partial charge on any atom is -0.494 e. The van der Waals surface area contributed by atoms with Crippen LogP contribution in [-0.4, -0.2) is 25.6 Å². The van der Waals surface area contributed by atoms with E-state index in [1.54, 1.807) is 0 Å². The van der Waals surface area contributed by atoms with Gasteiger partial charge in [-0.3, -0.25) is 4.79 Å². The molecule has 1 aliphatic heterocycles. The SMILES string of the molecule is COc1cc(F)ccc1NC(=O)[C@H]1CCN[C@@H](C)C1.Cl. The molecule has 0 bridgehead atoms. The van der Waals surface area contributed by atoms with Crippen LogP contribution in [0.25, 0.3) is 0 Å². The van der Waals surface area contributed by atoms with Crippen molar-refractivity contribution in [3.8, 4) is 5.75 Å². The fraction of sp³-hybridized carbons (Fsp3) is 0.500. The van der Waals surface area contributed by atoms with Crippen LogP contribution in [0.5, 0.6) is 5.75 Å². The molecule has 1 aromatic rings. The zero-order chi connectivity index (χ0) is 13.8. The van der Waals surface area contributed by atoms with Crippen LogP contribution >= 0.6 is 12.4 Å². The molecule has 2 rings (SSSR count). The number of ether oxygens (including phenoxy) is 1. The Balaban J connectivity index is 0.00000200. The highest BCUT2D eigenvalue weighted by atomic mass is 35.5. The Labute approximate surface area is 124 Å². The van der Waals surface area contributed by atoms with Gasteiger partial charge < -0.3 is 15.4 Å². The second kappa shape index (κ2) is 7.45. The van der Waals surface area contributed by atoms with Crippen LogP contribution in [0.3, 0.4) is 0 Å². The number of nitrogens with one attached hydrogen (secondary N) is 2. The predicted molar refractivity (Wildman–Crippen MR) is 79.0 cm³/mol. The van der Waals surface area contributed by atoms with Crippen molar-refractivity contribution in [1.29, 1.82) is 0 Å². The van der Waals surface area contributed by atoms with Gasteiger partial charge in [-0.1, -0.05) is 0 Å². The maximum Gasteiger partial charge on any atom is 0.227 e. The summed E-state index contributed by atoms with van der Waals surface area (Å²) < 4.78 is 18.1. The smallest absolute Gasteiger partial charge is 0.227 e. The molecular formula is C14H20ClFN2O2. The lowest BCUT2D eigenvalue weighted by molar-refractivity contribution is -0.120.